The van der Waals surface area contributed by atoms with Gasteiger partial charge < -0.3 is 15.1 Å². The Morgan fingerprint density at radius 1 is 1.10 bits per heavy atom. The van der Waals surface area contributed by atoms with Gasteiger partial charge in [-0.1, -0.05) is 25.5 Å². The summed E-state index contributed by atoms with van der Waals surface area (Å²) in [5.41, 5.74) is 4.15. The molecule has 0 radical (unpaired) electrons. The maximum Gasteiger partial charge on any atom is 0.257 e. The van der Waals surface area contributed by atoms with Gasteiger partial charge >= 0.3 is 0 Å². The molecule has 1 saturated heterocycles. The number of anilines is 2. The molecule has 0 bridgehead atoms. The highest BCUT2D eigenvalue weighted by Gasteiger charge is 2.37. The molecule has 29 heavy (non-hydrogen) atoms. The fourth-order valence-electron chi connectivity index (χ4n) is 4.51. The second kappa shape index (κ2) is 8.27. The van der Waals surface area contributed by atoms with Crippen molar-refractivity contribution in [1.29, 1.82) is 0 Å². The summed E-state index contributed by atoms with van der Waals surface area (Å²) in [6.45, 7) is 5.84. The highest BCUT2D eigenvalue weighted by molar-refractivity contribution is 6.08. The Morgan fingerprint density at radius 3 is 2.76 bits per heavy atom. The van der Waals surface area contributed by atoms with E-state index < -0.39 is 0 Å². The molecule has 0 aliphatic carbocycles. The van der Waals surface area contributed by atoms with Crippen molar-refractivity contribution in [3.05, 3.63) is 59.2 Å². The molecule has 2 aromatic carbocycles. The number of rotatable bonds is 4. The van der Waals surface area contributed by atoms with Gasteiger partial charge in [-0.3, -0.25) is 9.59 Å². The molecule has 2 aliphatic rings. The third-order valence-electron chi connectivity index (χ3n) is 6.08. The summed E-state index contributed by atoms with van der Waals surface area (Å²) in [6, 6.07) is 13.4. The van der Waals surface area contributed by atoms with Crippen molar-refractivity contribution in [2.24, 2.45) is 0 Å². The molecule has 2 amide bonds. The lowest BCUT2D eigenvalue weighted by Crippen LogP contribution is -2.55. The van der Waals surface area contributed by atoms with Gasteiger partial charge in [0.2, 0.25) is 0 Å². The summed E-state index contributed by atoms with van der Waals surface area (Å²) >= 11 is 0. The molecule has 1 N–H and O–H groups in total. The van der Waals surface area contributed by atoms with E-state index in [1.807, 2.05) is 35.2 Å². The Bertz CT molecular complexity index is 924. The van der Waals surface area contributed by atoms with Crippen LogP contribution in [0.25, 0.3) is 0 Å². The Balaban J connectivity index is 1.64. The number of nitrogens with one attached hydrogen (secondary N) is 1. The number of fused-ring (bicyclic) bond motifs is 2. The molecule has 5 nitrogen and oxygen atoms in total. The van der Waals surface area contributed by atoms with Gasteiger partial charge in [0.25, 0.3) is 11.8 Å². The van der Waals surface area contributed by atoms with E-state index in [1.54, 1.807) is 6.07 Å². The molecule has 0 saturated carbocycles. The van der Waals surface area contributed by atoms with Crippen LogP contribution in [0.5, 0.6) is 0 Å². The number of hydrogen-bond donors (Lipinski definition) is 1. The Morgan fingerprint density at radius 2 is 1.97 bits per heavy atom. The number of nitrogens with zero attached hydrogens (tertiary/aromatic N) is 2. The average Bonchev–Trinajstić information content (AvgIpc) is 3.00. The predicted octanol–water partition coefficient (Wildman–Crippen LogP) is 4.68. The van der Waals surface area contributed by atoms with Crippen LogP contribution >= 0.6 is 0 Å². The van der Waals surface area contributed by atoms with Crippen molar-refractivity contribution in [1.82, 2.24) is 4.90 Å². The van der Waals surface area contributed by atoms with E-state index in [4.69, 9.17) is 0 Å². The van der Waals surface area contributed by atoms with Crippen LogP contribution in [-0.4, -0.2) is 36.0 Å². The summed E-state index contributed by atoms with van der Waals surface area (Å²) in [5, 5.41) is 3.00. The molecule has 5 heteroatoms. The molecule has 0 spiro atoms. The van der Waals surface area contributed by atoms with Gasteiger partial charge in [-0.15, -0.1) is 0 Å². The van der Waals surface area contributed by atoms with Crippen LogP contribution in [-0.2, 0) is 6.42 Å². The summed E-state index contributed by atoms with van der Waals surface area (Å²) < 4.78 is 0. The van der Waals surface area contributed by atoms with Crippen molar-refractivity contribution in [3.8, 4) is 0 Å². The average molecular weight is 392 g/mol. The third-order valence-corrected chi connectivity index (χ3v) is 6.08. The lowest BCUT2D eigenvalue weighted by atomic mass is 10.0. The molecule has 152 valence electrons. The standard InChI is InChI=1S/C24H29N3O2/c1-3-17-9-8-10-19(15-17)25-23(28)18-12-13-20-21(16-18)26(4-2)22-11-6-5-7-14-27(22)24(20)29/h8-10,12-13,15-16,22H,3-7,11,14H2,1-2H3,(H,25,28). The number of aryl methyl sites for hydroxylation is 1. The SMILES string of the molecule is CCc1cccc(NC(=O)c2ccc3c(c2)N(CC)C2CCCCCN2C3=O)c1. The van der Waals surface area contributed by atoms with Gasteiger partial charge in [-0.25, -0.2) is 0 Å². The van der Waals surface area contributed by atoms with Gasteiger partial charge in [0, 0.05) is 24.3 Å². The van der Waals surface area contributed by atoms with Crippen LogP contribution in [0.15, 0.2) is 42.5 Å². The van der Waals surface area contributed by atoms with Crippen LogP contribution in [0.3, 0.4) is 0 Å². The van der Waals surface area contributed by atoms with Crippen molar-refractivity contribution < 1.29 is 9.59 Å². The first-order chi connectivity index (χ1) is 14.1. The minimum atomic E-state index is -0.146. The minimum Gasteiger partial charge on any atom is -0.351 e. The van der Waals surface area contributed by atoms with E-state index in [2.05, 4.69) is 30.1 Å². The zero-order valence-corrected chi connectivity index (χ0v) is 17.3. The van der Waals surface area contributed by atoms with Crippen molar-refractivity contribution >= 4 is 23.2 Å². The van der Waals surface area contributed by atoms with Crippen molar-refractivity contribution in [2.75, 3.05) is 23.3 Å². The zero-order chi connectivity index (χ0) is 20.4. The second-order valence-corrected chi connectivity index (χ2v) is 7.85. The third kappa shape index (κ3) is 3.74. The molecule has 2 aromatic rings. The monoisotopic (exact) mass is 391 g/mol. The van der Waals surface area contributed by atoms with Crippen LogP contribution in [0, 0.1) is 0 Å². The van der Waals surface area contributed by atoms with E-state index in [9.17, 15) is 9.59 Å². The molecule has 1 atom stereocenters. The van der Waals surface area contributed by atoms with E-state index >= 15 is 0 Å². The van der Waals surface area contributed by atoms with Gasteiger partial charge in [0.15, 0.2) is 0 Å². The molecule has 1 fully saturated rings. The number of amides is 2. The lowest BCUT2D eigenvalue weighted by molar-refractivity contribution is 0.0656. The second-order valence-electron chi connectivity index (χ2n) is 7.85. The summed E-state index contributed by atoms with van der Waals surface area (Å²) in [5.74, 6) is -0.0490. The Labute approximate surface area is 172 Å². The lowest BCUT2D eigenvalue weighted by Gasteiger charge is -2.44. The van der Waals surface area contributed by atoms with Gasteiger partial charge in [-0.05, 0) is 68.5 Å². The highest BCUT2D eigenvalue weighted by atomic mass is 16.2. The minimum absolute atomic E-state index is 0.0965. The first kappa shape index (κ1) is 19.5. The molecule has 1 unspecified atom stereocenters. The molecular formula is C24H29N3O2. The van der Waals surface area contributed by atoms with Crippen LogP contribution in [0.2, 0.25) is 0 Å². The smallest absolute Gasteiger partial charge is 0.257 e. The van der Waals surface area contributed by atoms with E-state index in [-0.39, 0.29) is 18.0 Å². The zero-order valence-electron chi connectivity index (χ0n) is 17.3. The molecule has 2 heterocycles. The fraction of sp³-hybridized carbons (Fsp3) is 0.417. The summed E-state index contributed by atoms with van der Waals surface area (Å²) in [4.78, 5) is 30.3. The maximum atomic E-state index is 13.1. The van der Waals surface area contributed by atoms with Gasteiger partial charge in [0.05, 0.1) is 11.3 Å². The summed E-state index contributed by atoms with van der Waals surface area (Å²) in [6.07, 6.45) is 5.37. The predicted molar refractivity (Wildman–Crippen MR) is 117 cm³/mol. The highest BCUT2D eigenvalue weighted by Crippen LogP contribution is 2.35. The van der Waals surface area contributed by atoms with E-state index in [0.29, 0.717) is 11.1 Å². The quantitative estimate of drug-likeness (QED) is 0.823. The number of carbonyl (C=O) groups excluding carboxylic acids is 2. The van der Waals surface area contributed by atoms with E-state index in [1.165, 1.54) is 12.0 Å². The largest absolute Gasteiger partial charge is 0.351 e. The molecule has 2 aliphatic heterocycles. The first-order valence-electron chi connectivity index (χ1n) is 10.7. The molecule has 0 aromatic heterocycles. The fourth-order valence-corrected chi connectivity index (χ4v) is 4.51. The Kier molecular flexibility index (Phi) is 5.56. The number of carbonyl (C=O) groups is 2. The Hall–Kier alpha value is -2.82. The first-order valence-corrected chi connectivity index (χ1v) is 10.7. The van der Waals surface area contributed by atoms with E-state index in [0.717, 1.165) is 50.1 Å². The van der Waals surface area contributed by atoms with Crippen LogP contribution in [0.1, 0.15) is 65.8 Å². The van der Waals surface area contributed by atoms with Crippen LogP contribution < -0.4 is 10.2 Å². The maximum absolute atomic E-state index is 13.1. The number of hydrogen-bond acceptors (Lipinski definition) is 3. The van der Waals surface area contributed by atoms with Crippen molar-refractivity contribution in [3.63, 3.8) is 0 Å². The van der Waals surface area contributed by atoms with Crippen molar-refractivity contribution in [2.45, 2.75) is 52.1 Å². The van der Waals surface area contributed by atoms with Gasteiger partial charge in [0.1, 0.15) is 6.17 Å². The molecular weight excluding hydrogens is 362 g/mol. The summed E-state index contributed by atoms with van der Waals surface area (Å²) in [7, 11) is 0. The van der Waals surface area contributed by atoms with Crippen LogP contribution in [0.4, 0.5) is 11.4 Å². The normalized spacial score (nSPS) is 18.7. The van der Waals surface area contributed by atoms with Gasteiger partial charge in [-0.2, -0.15) is 0 Å². The number of benzene rings is 2. The molecule has 4 rings (SSSR count). The topological polar surface area (TPSA) is 52.7 Å².